The molecule has 1 heterocycles. The lowest BCUT2D eigenvalue weighted by Gasteiger charge is -2.16. The lowest BCUT2D eigenvalue weighted by atomic mass is 10.1. The molecule has 1 aliphatic heterocycles. The normalized spacial score (nSPS) is 13.8. The number of benzene rings is 2. The Balaban J connectivity index is 1.70. The predicted molar refractivity (Wildman–Crippen MR) is 124 cm³/mol. The molecule has 1 saturated heterocycles. The fraction of sp³-hybridized carbons (Fsp3) is 0.261. The molecular formula is C23H24N4O6S. The van der Waals surface area contributed by atoms with Crippen LogP contribution in [0.15, 0.2) is 52.9 Å². The Bertz CT molecular complexity index is 1240. The summed E-state index contributed by atoms with van der Waals surface area (Å²) in [6.45, 7) is 1.36. The van der Waals surface area contributed by atoms with Crippen molar-refractivity contribution in [2.75, 3.05) is 32.1 Å². The molecule has 0 spiro atoms. The second-order valence-corrected chi connectivity index (χ2v) is 9.04. The second kappa shape index (κ2) is 10.8. The first kappa shape index (κ1) is 24.8. The number of ether oxygens (including phenoxy) is 2. The van der Waals surface area contributed by atoms with E-state index in [1.54, 1.807) is 23.1 Å². The Morgan fingerprint density at radius 1 is 1.15 bits per heavy atom. The molecular weight excluding hydrogens is 460 g/mol. The van der Waals surface area contributed by atoms with Crippen molar-refractivity contribution in [2.45, 2.75) is 17.7 Å². The number of methoxy groups -OCH3 is 1. The van der Waals surface area contributed by atoms with E-state index in [0.717, 1.165) is 25.9 Å². The summed E-state index contributed by atoms with van der Waals surface area (Å²) in [6, 6.07) is 11.9. The molecule has 3 N–H and O–H groups in total. The van der Waals surface area contributed by atoms with Gasteiger partial charge >= 0.3 is 0 Å². The Morgan fingerprint density at radius 3 is 2.41 bits per heavy atom. The highest BCUT2D eigenvalue weighted by molar-refractivity contribution is 7.89. The third-order valence-corrected chi connectivity index (χ3v) is 6.04. The Hall–Kier alpha value is -3.88. The first-order valence-electron chi connectivity index (χ1n) is 10.4. The molecule has 0 unspecified atom stereocenters. The number of hydrogen-bond donors (Lipinski definition) is 2. The number of nitrogens with one attached hydrogen (secondary N) is 1. The highest BCUT2D eigenvalue weighted by Crippen LogP contribution is 2.29. The molecule has 2 aromatic rings. The van der Waals surface area contributed by atoms with Gasteiger partial charge in [0.2, 0.25) is 10.0 Å². The molecule has 0 radical (unpaired) electrons. The number of nitrogens with zero attached hydrogens (tertiary/aromatic N) is 2. The highest BCUT2D eigenvalue weighted by atomic mass is 32.2. The van der Waals surface area contributed by atoms with Crippen LogP contribution in [0.25, 0.3) is 6.08 Å². The van der Waals surface area contributed by atoms with Crippen molar-refractivity contribution >= 4 is 33.6 Å². The van der Waals surface area contributed by atoms with Crippen LogP contribution in [0.1, 0.15) is 18.4 Å². The number of likely N-dealkylation sites (tertiary alicyclic amines) is 1. The zero-order chi connectivity index (χ0) is 24.7. The van der Waals surface area contributed by atoms with Gasteiger partial charge in [0.1, 0.15) is 11.6 Å². The first-order valence-corrected chi connectivity index (χ1v) is 11.9. The summed E-state index contributed by atoms with van der Waals surface area (Å²) in [5.74, 6) is -0.0604. The van der Waals surface area contributed by atoms with Crippen LogP contribution < -0.4 is 19.9 Å². The van der Waals surface area contributed by atoms with E-state index in [9.17, 15) is 23.3 Å². The van der Waals surface area contributed by atoms with Crippen LogP contribution in [0.3, 0.4) is 0 Å². The number of hydrogen-bond acceptors (Lipinski definition) is 7. The molecule has 1 fully saturated rings. The number of primary sulfonamides is 1. The monoisotopic (exact) mass is 484 g/mol. The van der Waals surface area contributed by atoms with Gasteiger partial charge in [-0.15, -0.1) is 0 Å². The number of rotatable bonds is 8. The second-order valence-electron chi connectivity index (χ2n) is 7.48. The van der Waals surface area contributed by atoms with Gasteiger partial charge in [-0.1, -0.05) is 6.07 Å². The molecule has 178 valence electrons. The van der Waals surface area contributed by atoms with Crippen LogP contribution in [-0.4, -0.2) is 51.9 Å². The molecule has 3 rings (SSSR count). The minimum absolute atomic E-state index is 0.0935. The van der Waals surface area contributed by atoms with Gasteiger partial charge in [-0.05, 0) is 60.9 Å². The maximum Gasteiger partial charge on any atom is 0.266 e. The van der Waals surface area contributed by atoms with E-state index in [1.165, 1.54) is 37.5 Å². The quantitative estimate of drug-likeness (QED) is 0.429. The van der Waals surface area contributed by atoms with Gasteiger partial charge in [0.15, 0.2) is 18.1 Å². The van der Waals surface area contributed by atoms with Crippen LogP contribution in [0.5, 0.6) is 11.5 Å². The van der Waals surface area contributed by atoms with E-state index in [4.69, 9.17) is 14.6 Å². The van der Waals surface area contributed by atoms with Crippen molar-refractivity contribution < 1.29 is 27.5 Å². The van der Waals surface area contributed by atoms with Gasteiger partial charge in [-0.3, -0.25) is 9.59 Å². The minimum Gasteiger partial charge on any atom is -0.493 e. The van der Waals surface area contributed by atoms with E-state index in [1.807, 2.05) is 6.07 Å². The molecule has 0 atom stereocenters. The summed E-state index contributed by atoms with van der Waals surface area (Å²) in [6.07, 6.45) is 3.35. The number of nitriles is 1. The van der Waals surface area contributed by atoms with Crippen molar-refractivity contribution in [3.63, 3.8) is 0 Å². The summed E-state index contributed by atoms with van der Waals surface area (Å²) < 4.78 is 33.6. The van der Waals surface area contributed by atoms with Gasteiger partial charge in [-0.25, -0.2) is 13.6 Å². The van der Waals surface area contributed by atoms with Crippen molar-refractivity contribution in [3.8, 4) is 17.6 Å². The van der Waals surface area contributed by atoms with E-state index in [0.29, 0.717) is 22.7 Å². The number of carbonyl (C=O) groups is 2. The molecule has 10 nitrogen and oxygen atoms in total. The maximum absolute atomic E-state index is 12.5. The first-order chi connectivity index (χ1) is 16.2. The number of nitrogens with two attached hydrogens (primary N) is 1. The van der Waals surface area contributed by atoms with Crippen molar-refractivity contribution in [3.05, 3.63) is 53.6 Å². The summed E-state index contributed by atoms with van der Waals surface area (Å²) in [4.78, 5) is 26.4. The fourth-order valence-corrected chi connectivity index (χ4v) is 3.85. The summed E-state index contributed by atoms with van der Waals surface area (Å²) in [5.41, 5.74) is 0.615. The molecule has 11 heteroatoms. The molecule has 2 aromatic carbocycles. The molecule has 0 saturated carbocycles. The highest BCUT2D eigenvalue weighted by Gasteiger charge is 2.19. The SMILES string of the molecule is COc1cc(/C=C(\C#N)C(=O)Nc2ccc(S(N)(=O)=O)cc2)ccc1OCC(=O)N1CCCC1. The van der Waals surface area contributed by atoms with E-state index < -0.39 is 15.9 Å². The zero-order valence-electron chi connectivity index (χ0n) is 18.5. The summed E-state index contributed by atoms with van der Waals surface area (Å²) >= 11 is 0. The minimum atomic E-state index is -3.85. The van der Waals surface area contributed by atoms with Gasteiger partial charge in [0.05, 0.1) is 12.0 Å². The lowest BCUT2D eigenvalue weighted by Crippen LogP contribution is -2.32. The van der Waals surface area contributed by atoms with Gasteiger partial charge in [-0.2, -0.15) is 5.26 Å². The number of amides is 2. The third kappa shape index (κ3) is 6.34. The maximum atomic E-state index is 12.5. The molecule has 34 heavy (non-hydrogen) atoms. The summed E-state index contributed by atoms with van der Waals surface area (Å²) in [7, 11) is -2.41. The molecule has 0 bridgehead atoms. The van der Waals surface area contributed by atoms with Crippen molar-refractivity contribution in [2.24, 2.45) is 5.14 Å². The van der Waals surface area contributed by atoms with Crippen LogP contribution in [0, 0.1) is 11.3 Å². The van der Waals surface area contributed by atoms with Crippen LogP contribution in [0.4, 0.5) is 5.69 Å². The summed E-state index contributed by atoms with van der Waals surface area (Å²) in [5, 5.41) is 17.0. The average Bonchev–Trinajstić information content (AvgIpc) is 3.36. The van der Waals surface area contributed by atoms with E-state index in [-0.39, 0.29) is 23.0 Å². The largest absolute Gasteiger partial charge is 0.493 e. The third-order valence-electron chi connectivity index (χ3n) is 5.11. The molecule has 0 aromatic heterocycles. The predicted octanol–water partition coefficient (Wildman–Crippen LogP) is 1.89. The molecule has 0 aliphatic carbocycles. The van der Waals surface area contributed by atoms with Crippen LogP contribution in [0.2, 0.25) is 0 Å². The Kier molecular flexibility index (Phi) is 7.88. The number of sulfonamides is 1. The topological polar surface area (TPSA) is 152 Å². The fourth-order valence-electron chi connectivity index (χ4n) is 3.33. The molecule has 1 aliphatic rings. The van der Waals surface area contributed by atoms with Crippen molar-refractivity contribution in [1.82, 2.24) is 4.90 Å². The van der Waals surface area contributed by atoms with Crippen LogP contribution >= 0.6 is 0 Å². The van der Waals surface area contributed by atoms with E-state index >= 15 is 0 Å². The average molecular weight is 485 g/mol. The van der Waals surface area contributed by atoms with Gasteiger partial charge in [0, 0.05) is 18.8 Å². The van der Waals surface area contributed by atoms with Crippen LogP contribution in [-0.2, 0) is 19.6 Å². The number of carbonyl (C=O) groups excluding carboxylic acids is 2. The van der Waals surface area contributed by atoms with Gasteiger partial charge in [0.25, 0.3) is 11.8 Å². The zero-order valence-corrected chi connectivity index (χ0v) is 19.3. The number of anilines is 1. The molecule has 2 amide bonds. The lowest BCUT2D eigenvalue weighted by molar-refractivity contribution is -0.132. The standard InChI is InChI=1S/C23H24N4O6S/c1-32-21-13-16(4-9-20(21)33-15-22(28)27-10-2-3-11-27)12-17(14-24)23(29)26-18-5-7-19(8-6-18)34(25,30)31/h4-9,12-13H,2-3,10-11,15H2,1H3,(H,26,29)(H2,25,30,31)/b17-12+. The van der Waals surface area contributed by atoms with E-state index in [2.05, 4.69) is 5.32 Å². The Labute approximate surface area is 197 Å². The van der Waals surface area contributed by atoms with Gasteiger partial charge < -0.3 is 19.7 Å². The van der Waals surface area contributed by atoms with Crippen molar-refractivity contribution in [1.29, 1.82) is 5.26 Å². The Morgan fingerprint density at radius 2 is 1.82 bits per heavy atom. The smallest absolute Gasteiger partial charge is 0.266 e.